The second-order valence-corrected chi connectivity index (χ2v) is 15.2. The highest BCUT2D eigenvalue weighted by Gasteiger charge is 2.23. The van der Waals surface area contributed by atoms with Gasteiger partial charge in [0.05, 0.1) is 22.1 Å². The second-order valence-electron chi connectivity index (χ2n) is 15.2. The minimum atomic E-state index is -0.414. The largest absolute Gasteiger partial charge is 0.324 e. The molecule has 0 fully saturated rings. The van der Waals surface area contributed by atoms with Crippen molar-refractivity contribution in [2.45, 2.75) is 32.4 Å². The Morgan fingerprint density at radius 3 is 1.17 bits per heavy atom. The molecule has 0 saturated carbocycles. The number of nitrogens with one attached hydrogen (secondary N) is 1. The third kappa shape index (κ3) is 5.31. The lowest BCUT2D eigenvalue weighted by Gasteiger charge is -2.24. The quantitative estimate of drug-likeness (QED) is 0.191. The van der Waals surface area contributed by atoms with E-state index in [0.717, 1.165) is 39.7 Å². The van der Waals surface area contributed by atoms with Crippen LogP contribution in [0.25, 0.3) is 55.0 Å². The van der Waals surface area contributed by atoms with Crippen LogP contribution in [0.3, 0.4) is 0 Å². The molecule has 5 nitrogen and oxygen atoms in total. The first-order chi connectivity index (χ1) is 26.4. The fourth-order valence-corrected chi connectivity index (χ4v) is 7.99. The van der Waals surface area contributed by atoms with Gasteiger partial charge in [0.15, 0.2) is 6.17 Å². The van der Waals surface area contributed by atoms with Crippen molar-refractivity contribution >= 4 is 55.3 Å². The van der Waals surface area contributed by atoms with Gasteiger partial charge in [0.25, 0.3) is 0 Å². The molecule has 0 spiro atoms. The van der Waals surface area contributed by atoms with Crippen molar-refractivity contribution in [3.8, 4) is 11.4 Å². The van der Waals surface area contributed by atoms with Crippen molar-refractivity contribution in [3.05, 3.63) is 192 Å². The Hall–Kier alpha value is -6.72. The van der Waals surface area contributed by atoms with Gasteiger partial charge in [-0.05, 0) is 77.2 Å². The number of fused-ring (bicyclic) bond motifs is 6. The van der Waals surface area contributed by atoms with Gasteiger partial charge in [0.2, 0.25) is 0 Å². The number of aromatic nitrogens is 2. The molecule has 10 rings (SSSR count). The molecule has 1 aliphatic heterocycles. The van der Waals surface area contributed by atoms with E-state index in [4.69, 9.17) is 9.98 Å². The number of para-hydroxylation sites is 4. The maximum Gasteiger partial charge on any atom is 0.169 e. The molecule has 7 aromatic carbocycles. The fourth-order valence-electron chi connectivity index (χ4n) is 7.99. The van der Waals surface area contributed by atoms with Crippen LogP contribution in [-0.4, -0.2) is 20.8 Å². The predicted molar refractivity (Wildman–Crippen MR) is 226 cm³/mol. The van der Waals surface area contributed by atoms with Crippen LogP contribution in [0.5, 0.6) is 0 Å². The van der Waals surface area contributed by atoms with E-state index in [1.54, 1.807) is 0 Å². The number of benzene rings is 7. The Balaban J connectivity index is 1.05. The molecule has 260 valence electrons. The van der Waals surface area contributed by atoms with E-state index in [1.807, 2.05) is 0 Å². The smallest absolute Gasteiger partial charge is 0.169 e. The van der Waals surface area contributed by atoms with Crippen LogP contribution < -0.4 is 5.32 Å². The summed E-state index contributed by atoms with van der Waals surface area (Å²) >= 11 is 0. The molecule has 0 radical (unpaired) electrons. The minimum Gasteiger partial charge on any atom is -0.324 e. The molecule has 0 amide bonds. The maximum absolute atomic E-state index is 5.24. The predicted octanol–water partition coefficient (Wildman–Crippen LogP) is 11.7. The van der Waals surface area contributed by atoms with Crippen molar-refractivity contribution < 1.29 is 0 Å². The van der Waals surface area contributed by atoms with Crippen LogP contribution in [0.1, 0.15) is 49.2 Å². The van der Waals surface area contributed by atoms with Gasteiger partial charge in [-0.1, -0.05) is 130 Å². The maximum atomic E-state index is 5.24. The zero-order chi connectivity index (χ0) is 36.4. The van der Waals surface area contributed by atoms with Gasteiger partial charge in [-0.2, -0.15) is 0 Å². The first-order valence-electron chi connectivity index (χ1n) is 18.6. The van der Waals surface area contributed by atoms with E-state index < -0.39 is 6.17 Å². The lowest BCUT2D eigenvalue weighted by Crippen LogP contribution is -2.36. The highest BCUT2D eigenvalue weighted by molar-refractivity contribution is 6.16. The van der Waals surface area contributed by atoms with E-state index in [-0.39, 0.29) is 5.41 Å². The number of hydrogen-bond acceptors (Lipinski definition) is 3. The minimum absolute atomic E-state index is 0.0612. The standard InChI is InChI=1S/C49H39N5/c1-49(2,3)35-26-20-32(21-27-35)46-50-47(33-22-28-36(29-23-33)53-42-16-8-4-12-38(42)39-13-5-9-17-43(39)53)52-48(51-46)34-24-30-37(31-25-34)54-44-18-10-6-14-40(44)41-15-7-11-19-45(41)54/h4-31,47H,1-3H3,(H,50,51,52). The second kappa shape index (κ2) is 12.5. The van der Waals surface area contributed by atoms with Crippen LogP contribution in [0, 0.1) is 0 Å². The normalized spacial score (nSPS) is 14.8. The van der Waals surface area contributed by atoms with Gasteiger partial charge in [0.1, 0.15) is 11.7 Å². The van der Waals surface area contributed by atoms with Gasteiger partial charge in [-0.3, -0.25) is 0 Å². The molecule has 1 atom stereocenters. The van der Waals surface area contributed by atoms with Crippen LogP contribution in [0.2, 0.25) is 0 Å². The van der Waals surface area contributed by atoms with Crippen molar-refractivity contribution in [3.63, 3.8) is 0 Å². The van der Waals surface area contributed by atoms with E-state index in [0.29, 0.717) is 0 Å². The van der Waals surface area contributed by atoms with E-state index in [1.165, 1.54) is 49.2 Å². The van der Waals surface area contributed by atoms with E-state index in [2.05, 4.69) is 205 Å². The van der Waals surface area contributed by atoms with Gasteiger partial charge in [-0.15, -0.1) is 0 Å². The third-order valence-corrected chi connectivity index (χ3v) is 10.8. The monoisotopic (exact) mass is 697 g/mol. The summed E-state index contributed by atoms with van der Waals surface area (Å²) in [6.45, 7) is 6.72. The van der Waals surface area contributed by atoms with Gasteiger partial charge in [-0.25, -0.2) is 9.98 Å². The summed E-state index contributed by atoms with van der Waals surface area (Å²) in [6, 6.07) is 60.7. The first kappa shape index (κ1) is 32.0. The van der Waals surface area contributed by atoms with Crippen molar-refractivity contribution in [1.82, 2.24) is 14.5 Å². The fraction of sp³-hybridized carbons (Fsp3) is 0.102. The molecule has 9 aromatic rings. The van der Waals surface area contributed by atoms with E-state index in [9.17, 15) is 0 Å². The number of aliphatic imine (C=N–C) groups is 2. The molecule has 1 aliphatic rings. The summed E-state index contributed by atoms with van der Waals surface area (Å²) in [7, 11) is 0. The molecule has 0 saturated heterocycles. The number of hydrogen-bond donors (Lipinski definition) is 1. The van der Waals surface area contributed by atoms with Crippen molar-refractivity contribution in [2.75, 3.05) is 0 Å². The molecule has 0 bridgehead atoms. The molecule has 2 aromatic heterocycles. The molecule has 54 heavy (non-hydrogen) atoms. The van der Waals surface area contributed by atoms with Crippen molar-refractivity contribution in [2.24, 2.45) is 9.98 Å². The summed E-state index contributed by atoms with van der Waals surface area (Å²) in [5.41, 5.74) is 11.4. The highest BCUT2D eigenvalue weighted by atomic mass is 15.2. The Morgan fingerprint density at radius 1 is 0.426 bits per heavy atom. The van der Waals surface area contributed by atoms with Crippen molar-refractivity contribution in [1.29, 1.82) is 0 Å². The highest BCUT2D eigenvalue weighted by Crippen LogP contribution is 2.34. The molecule has 1 unspecified atom stereocenters. The van der Waals surface area contributed by atoms with Crippen LogP contribution in [-0.2, 0) is 5.41 Å². The number of rotatable bonds is 5. The Kier molecular flexibility index (Phi) is 7.37. The molecular formula is C49H39N5. The summed E-state index contributed by atoms with van der Waals surface area (Å²) < 4.78 is 4.69. The molecule has 1 N–H and O–H groups in total. The summed E-state index contributed by atoms with van der Waals surface area (Å²) in [6.07, 6.45) is -0.414. The molecule has 0 aliphatic carbocycles. The average molecular weight is 698 g/mol. The lowest BCUT2D eigenvalue weighted by atomic mass is 9.86. The lowest BCUT2D eigenvalue weighted by molar-refractivity contribution is 0.590. The summed E-state index contributed by atoms with van der Waals surface area (Å²) in [5, 5.41) is 8.62. The Morgan fingerprint density at radius 2 is 0.778 bits per heavy atom. The average Bonchev–Trinajstić information content (AvgIpc) is 3.74. The third-order valence-electron chi connectivity index (χ3n) is 10.8. The van der Waals surface area contributed by atoms with Gasteiger partial charge >= 0.3 is 0 Å². The Labute approximate surface area is 314 Å². The van der Waals surface area contributed by atoms with Crippen LogP contribution >= 0.6 is 0 Å². The Bertz CT molecular complexity index is 2810. The van der Waals surface area contributed by atoms with Crippen LogP contribution in [0.4, 0.5) is 0 Å². The van der Waals surface area contributed by atoms with Gasteiger partial charge < -0.3 is 14.5 Å². The molecular weight excluding hydrogens is 659 g/mol. The zero-order valence-corrected chi connectivity index (χ0v) is 30.5. The first-order valence-corrected chi connectivity index (χ1v) is 18.6. The topological polar surface area (TPSA) is 46.6 Å². The number of amidine groups is 2. The zero-order valence-electron chi connectivity index (χ0n) is 30.5. The molecule has 5 heteroatoms. The van der Waals surface area contributed by atoms with Gasteiger partial charge in [0, 0.05) is 44.0 Å². The van der Waals surface area contributed by atoms with E-state index >= 15 is 0 Å². The van der Waals surface area contributed by atoms with Crippen LogP contribution in [0.15, 0.2) is 180 Å². The summed E-state index contributed by atoms with van der Waals surface area (Å²) in [4.78, 5) is 10.5. The summed E-state index contributed by atoms with van der Waals surface area (Å²) in [5.74, 6) is 1.61. The SMILES string of the molecule is CC(C)(C)c1ccc(C2=NC(c3ccc(-n4c5ccccc5c5ccccc54)cc3)N=C(c3ccc(-n4c5ccccc5c5ccccc54)cc3)N2)cc1. The molecule has 3 heterocycles. The number of nitrogens with zero attached hydrogens (tertiary/aromatic N) is 4.